The Labute approximate surface area is 160 Å². The highest BCUT2D eigenvalue weighted by molar-refractivity contribution is 5.98. The molecule has 0 spiro atoms. The molecule has 6 heteroatoms. The van der Waals surface area contributed by atoms with Gasteiger partial charge in [-0.25, -0.2) is 0 Å². The summed E-state index contributed by atoms with van der Waals surface area (Å²) in [5.41, 5.74) is 3.08. The number of carbonyl (C=O) groups is 1. The quantitative estimate of drug-likeness (QED) is 0.462. The van der Waals surface area contributed by atoms with Crippen molar-refractivity contribution in [3.05, 3.63) is 54.1 Å². The standard InChI is InChI=1S/C21H25N3O3/c1-16(18-8-10-19(11-9-18)27-17(2)25)22-24-14-12-23(13-15-24)20-6-4-5-7-21(20)26-3/h4-11H,12-15H2,1-3H3/b22-16-. The van der Waals surface area contributed by atoms with Gasteiger partial charge in [0, 0.05) is 20.0 Å². The molecule has 0 N–H and O–H groups in total. The Kier molecular flexibility index (Phi) is 5.96. The first-order valence-corrected chi connectivity index (χ1v) is 9.04. The fourth-order valence-electron chi connectivity index (χ4n) is 3.13. The molecule has 0 radical (unpaired) electrons. The monoisotopic (exact) mass is 367 g/mol. The number of hydrogen-bond acceptors (Lipinski definition) is 6. The lowest BCUT2D eigenvalue weighted by Gasteiger charge is -2.35. The Morgan fingerprint density at radius 1 is 0.963 bits per heavy atom. The zero-order valence-corrected chi connectivity index (χ0v) is 16.0. The molecule has 142 valence electrons. The molecule has 3 rings (SSSR count). The predicted molar refractivity (Wildman–Crippen MR) is 107 cm³/mol. The molecule has 0 saturated carbocycles. The van der Waals surface area contributed by atoms with Crippen molar-refractivity contribution in [2.24, 2.45) is 5.10 Å². The van der Waals surface area contributed by atoms with Crippen LogP contribution in [0.2, 0.25) is 0 Å². The molecule has 0 bridgehead atoms. The van der Waals surface area contributed by atoms with Crippen LogP contribution in [0.15, 0.2) is 53.6 Å². The number of nitrogens with zero attached hydrogens (tertiary/aromatic N) is 3. The van der Waals surface area contributed by atoms with Crippen molar-refractivity contribution in [1.82, 2.24) is 5.01 Å². The van der Waals surface area contributed by atoms with E-state index in [4.69, 9.17) is 14.6 Å². The van der Waals surface area contributed by atoms with Crippen LogP contribution in [0.25, 0.3) is 0 Å². The minimum Gasteiger partial charge on any atom is -0.495 e. The van der Waals surface area contributed by atoms with Crippen molar-refractivity contribution in [1.29, 1.82) is 0 Å². The van der Waals surface area contributed by atoms with Crippen LogP contribution in [0.4, 0.5) is 5.69 Å². The Hall–Kier alpha value is -3.02. The summed E-state index contributed by atoms with van der Waals surface area (Å²) in [6.45, 7) is 6.87. The Morgan fingerprint density at radius 3 is 2.26 bits per heavy atom. The summed E-state index contributed by atoms with van der Waals surface area (Å²) < 4.78 is 10.5. The van der Waals surface area contributed by atoms with E-state index >= 15 is 0 Å². The van der Waals surface area contributed by atoms with E-state index in [1.807, 2.05) is 37.3 Å². The topological polar surface area (TPSA) is 54.4 Å². The number of piperazine rings is 1. The van der Waals surface area contributed by atoms with Gasteiger partial charge in [-0.2, -0.15) is 5.10 Å². The lowest BCUT2D eigenvalue weighted by atomic mass is 10.1. The predicted octanol–water partition coefficient (Wildman–Crippen LogP) is 3.17. The number of rotatable bonds is 5. The second-order valence-electron chi connectivity index (χ2n) is 6.42. The molecule has 1 aliphatic heterocycles. The first kappa shape index (κ1) is 18.8. The summed E-state index contributed by atoms with van der Waals surface area (Å²) in [6, 6.07) is 15.5. The molecular formula is C21H25N3O3. The number of para-hydroxylation sites is 2. The van der Waals surface area contributed by atoms with E-state index in [9.17, 15) is 4.79 Å². The van der Waals surface area contributed by atoms with E-state index < -0.39 is 0 Å². The maximum atomic E-state index is 11.0. The van der Waals surface area contributed by atoms with Crippen LogP contribution >= 0.6 is 0 Å². The van der Waals surface area contributed by atoms with Gasteiger partial charge in [0.2, 0.25) is 0 Å². The van der Waals surface area contributed by atoms with Crippen LogP contribution in [-0.4, -0.2) is 50.0 Å². The molecular weight excluding hydrogens is 342 g/mol. The van der Waals surface area contributed by atoms with Crippen molar-refractivity contribution in [2.75, 3.05) is 38.2 Å². The lowest BCUT2D eigenvalue weighted by Crippen LogP contribution is -2.44. The van der Waals surface area contributed by atoms with Gasteiger partial charge < -0.3 is 14.4 Å². The first-order valence-electron chi connectivity index (χ1n) is 9.04. The zero-order chi connectivity index (χ0) is 19.2. The van der Waals surface area contributed by atoms with E-state index in [0.717, 1.165) is 48.9 Å². The molecule has 6 nitrogen and oxygen atoms in total. The van der Waals surface area contributed by atoms with Crippen LogP contribution in [0.5, 0.6) is 11.5 Å². The number of esters is 1. The van der Waals surface area contributed by atoms with Crippen molar-refractivity contribution in [3.8, 4) is 11.5 Å². The number of carbonyl (C=O) groups excluding carboxylic acids is 1. The van der Waals surface area contributed by atoms with Crippen LogP contribution < -0.4 is 14.4 Å². The average Bonchev–Trinajstić information content (AvgIpc) is 2.68. The fraction of sp³-hybridized carbons (Fsp3) is 0.333. The first-order chi connectivity index (χ1) is 13.1. The molecule has 2 aromatic carbocycles. The van der Waals surface area contributed by atoms with E-state index in [1.54, 1.807) is 19.2 Å². The van der Waals surface area contributed by atoms with Crippen molar-refractivity contribution in [2.45, 2.75) is 13.8 Å². The van der Waals surface area contributed by atoms with E-state index in [1.165, 1.54) is 6.92 Å². The fourth-order valence-corrected chi connectivity index (χ4v) is 3.13. The molecule has 2 aromatic rings. The van der Waals surface area contributed by atoms with Gasteiger partial charge in [-0.3, -0.25) is 9.80 Å². The smallest absolute Gasteiger partial charge is 0.308 e. The molecule has 1 fully saturated rings. The van der Waals surface area contributed by atoms with Gasteiger partial charge in [0.1, 0.15) is 11.5 Å². The van der Waals surface area contributed by atoms with Gasteiger partial charge in [0.25, 0.3) is 0 Å². The largest absolute Gasteiger partial charge is 0.495 e. The molecule has 0 aliphatic carbocycles. The number of hydrazone groups is 1. The molecule has 0 aromatic heterocycles. The minimum absolute atomic E-state index is 0.318. The van der Waals surface area contributed by atoms with Crippen LogP contribution in [-0.2, 0) is 4.79 Å². The molecule has 0 amide bonds. The number of methoxy groups -OCH3 is 1. The summed E-state index contributed by atoms with van der Waals surface area (Å²) in [5.74, 6) is 1.13. The van der Waals surface area contributed by atoms with Gasteiger partial charge in [-0.15, -0.1) is 0 Å². The Balaban J connectivity index is 1.61. The molecule has 0 unspecified atom stereocenters. The highest BCUT2D eigenvalue weighted by Gasteiger charge is 2.18. The maximum Gasteiger partial charge on any atom is 0.308 e. The molecule has 1 saturated heterocycles. The summed E-state index contributed by atoms with van der Waals surface area (Å²) >= 11 is 0. The number of benzene rings is 2. The Morgan fingerprint density at radius 2 is 1.63 bits per heavy atom. The normalized spacial score (nSPS) is 14.9. The average molecular weight is 367 g/mol. The van der Waals surface area contributed by atoms with Gasteiger partial charge in [0.15, 0.2) is 0 Å². The lowest BCUT2D eigenvalue weighted by molar-refractivity contribution is -0.131. The summed E-state index contributed by atoms with van der Waals surface area (Å²) in [6.07, 6.45) is 0. The van der Waals surface area contributed by atoms with Gasteiger partial charge in [-0.05, 0) is 48.9 Å². The van der Waals surface area contributed by atoms with Crippen LogP contribution in [0.1, 0.15) is 19.4 Å². The van der Waals surface area contributed by atoms with Crippen molar-refractivity contribution < 1.29 is 14.3 Å². The Bertz CT molecular complexity index is 810. The third-order valence-corrected chi connectivity index (χ3v) is 4.51. The number of ether oxygens (including phenoxy) is 2. The molecule has 1 heterocycles. The van der Waals surface area contributed by atoms with E-state index in [0.29, 0.717) is 5.75 Å². The summed E-state index contributed by atoms with van der Waals surface area (Å²) in [4.78, 5) is 13.3. The van der Waals surface area contributed by atoms with Crippen LogP contribution in [0, 0.1) is 0 Å². The molecule has 1 aliphatic rings. The maximum absolute atomic E-state index is 11.0. The minimum atomic E-state index is -0.318. The third-order valence-electron chi connectivity index (χ3n) is 4.51. The molecule has 27 heavy (non-hydrogen) atoms. The SMILES string of the molecule is COc1ccccc1N1CCN(/N=C(/C)c2ccc(OC(C)=O)cc2)CC1. The summed E-state index contributed by atoms with van der Waals surface area (Å²) in [5, 5.41) is 6.85. The number of anilines is 1. The van der Waals surface area contributed by atoms with Gasteiger partial charge in [-0.1, -0.05) is 12.1 Å². The number of hydrogen-bond donors (Lipinski definition) is 0. The van der Waals surface area contributed by atoms with Crippen LogP contribution in [0.3, 0.4) is 0 Å². The highest BCUT2D eigenvalue weighted by atomic mass is 16.5. The van der Waals surface area contributed by atoms with Gasteiger partial charge >= 0.3 is 5.97 Å². The van der Waals surface area contributed by atoms with Crippen molar-refractivity contribution in [3.63, 3.8) is 0 Å². The summed E-state index contributed by atoms with van der Waals surface area (Å²) in [7, 11) is 1.70. The van der Waals surface area contributed by atoms with Crippen molar-refractivity contribution >= 4 is 17.4 Å². The highest BCUT2D eigenvalue weighted by Crippen LogP contribution is 2.28. The second-order valence-corrected chi connectivity index (χ2v) is 6.42. The third kappa shape index (κ3) is 4.78. The molecule has 0 atom stereocenters. The van der Waals surface area contributed by atoms with E-state index in [-0.39, 0.29) is 5.97 Å². The zero-order valence-electron chi connectivity index (χ0n) is 16.0. The van der Waals surface area contributed by atoms with Gasteiger partial charge in [0.05, 0.1) is 31.6 Å². The van der Waals surface area contributed by atoms with E-state index in [2.05, 4.69) is 16.0 Å². The second kappa shape index (κ2) is 8.58.